The van der Waals surface area contributed by atoms with Crippen molar-refractivity contribution in [1.82, 2.24) is 4.90 Å². The number of rotatable bonds is 19. The molecule has 3 aliphatic carbocycles. The van der Waals surface area contributed by atoms with Gasteiger partial charge in [0.2, 0.25) is 0 Å². The van der Waals surface area contributed by atoms with Crippen molar-refractivity contribution in [2.75, 3.05) is 46.9 Å². The van der Waals surface area contributed by atoms with Crippen LogP contribution in [0.2, 0.25) is 0 Å². The number of esters is 4. The number of carbonyl (C=O) groups is 4. The molecule has 6 N–H and O–H groups in total. The van der Waals surface area contributed by atoms with Crippen molar-refractivity contribution in [3.8, 4) is 0 Å². The van der Waals surface area contributed by atoms with E-state index in [9.17, 15) is 19.2 Å². The molecular formula is C38H68N4O8. The van der Waals surface area contributed by atoms with Crippen LogP contribution in [0.25, 0.3) is 0 Å². The molecule has 3 saturated carbocycles. The number of hydrogen-bond acceptors (Lipinski definition) is 12. The lowest BCUT2D eigenvalue weighted by atomic mass is 9.52. The number of hydrogen-bond donors (Lipinski definition) is 3. The van der Waals surface area contributed by atoms with Crippen LogP contribution >= 0.6 is 0 Å². The fourth-order valence-electron chi connectivity index (χ4n) is 9.43. The summed E-state index contributed by atoms with van der Waals surface area (Å²) in [6, 6.07) is 0. The molecular weight excluding hydrogens is 640 g/mol. The topological polar surface area (TPSA) is 186 Å². The predicted octanol–water partition coefficient (Wildman–Crippen LogP) is 3.95. The van der Waals surface area contributed by atoms with Gasteiger partial charge in [-0.3, -0.25) is 19.2 Å². The Bertz CT molecular complexity index is 1120. The first kappa shape index (κ1) is 42.1. The second-order valence-electron chi connectivity index (χ2n) is 16.2. The lowest BCUT2D eigenvalue weighted by Crippen LogP contribution is -2.53. The van der Waals surface area contributed by atoms with Gasteiger partial charge in [0.1, 0.15) is 24.9 Å². The van der Waals surface area contributed by atoms with E-state index in [0.717, 1.165) is 25.7 Å². The molecule has 0 radical (unpaired) electrons. The van der Waals surface area contributed by atoms with Gasteiger partial charge in [0.05, 0.1) is 19.3 Å². The quantitative estimate of drug-likeness (QED) is 0.130. The average molecular weight is 709 g/mol. The normalized spacial score (nSPS) is 32.1. The van der Waals surface area contributed by atoms with Gasteiger partial charge in [-0.2, -0.15) is 0 Å². The van der Waals surface area contributed by atoms with E-state index in [-0.39, 0.29) is 122 Å². The number of nitrogens with two attached hydrogens (primary N) is 3. The summed E-state index contributed by atoms with van der Waals surface area (Å²) in [5.74, 6) is -0.128. The molecule has 12 heteroatoms. The molecule has 3 fully saturated rings. The van der Waals surface area contributed by atoms with Crippen LogP contribution < -0.4 is 17.2 Å². The molecule has 0 bridgehead atoms. The number of ether oxygens (including phenoxy) is 4. The first-order valence-electron chi connectivity index (χ1n) is 19.2. The third kappa shape index (κ3) is 11.1. The van der Waals surface area contributed by atoms with Gasteiger partial charge in [-0.05, 0) is 107 Å². The van der Waals surface area contributed by atoms with E-state index >= 15 is 0 Å². The minimum Gasteiger partial charge on any atom is -0.464 e. The smallest absolute Gasteiger partial charge is 0.307 e. The van der Waals surface area contributed by atoms with Crippen molar-refractivity contribution in [3.05, 3.63) is 0 Å². The zero-order valence-electron chi connectivity index (χ0n) is 31.8. The fraction of sp³-hybridized carbons (Fsp3) is 0.895. The average Bonchev–Trinajstić information content (AvgIpc) is 3.35. The molecule has 0 aromatic rings. The van der Waals surface area contributed by atoms with Gasteiger partial charge in [-0.15, -0.1) is 0 Å². The Balaban J connectivity index is 1.89. The monoisotopic (exact) mass is 709 g/mol. The van der Waals surface area contributed by atoms with Crippen LogP contribution in [0, 0.1) is 40.4 Å². The maximum Gasteiger partial charge on any atom is 0.307 e. The van der Waals surface area contributed by atoms with E-state index in [4.69, 9.17) is 36.1 Å². The summed E-state index contributed by atoms with van der Waals surface area (Å²) < 4.78 is 23.8. The Labute approximate surface area is 300 Å². The Morgan fingerprint density at radius 2 is 1.40 bits per heavy atom. The van der Waals surface area contributed by atoms with Gasteiger partial charge in [0, 0.05) is 38.0 Å². The first-order chi connectivity index (χ1) is 23.7. The highest BCUT2D eigenvalue weighted by molar-refractivity contribution is 5.71. The van der Waals surface area contributed by atoms with Crippen LogP contribution in [-0.2, 0) is 38.1 Å². The third-order valence-corrected chi connectivity index (χ3v) is 12.7. The summed E-state index contributed by atoms with van der Waals surface area (Å²) in [5, 5.41) is 0. The molecule has 0 amide bonds. The van der Waals surface area contributed by atoms with Crippen molar-refractivity contribution < 1.29 is 38.1 Å². The molecule has 10 atom stereocenters. The minimum absolute atomic E-state index is 0.0838. The molecule has 12 nitrogen and oxygen atoms in total. The van der Waals surface area contributed by atoms with Crippen LogP contribution in [0.5, 0.6) is 0 Å². The molecule has 3 rings (SSSR count). The SMILES string of the molecule is C[C@H](CCC(=O)OCCN(C)C)C1CC[C@@H](C)[C@]1(C)[C@H](C[C@H]1C[C@H](OC(=O)CCN)CC2C[C@H](OC(=O)CCN)CC[C@@]21C)OC(=O)CCN. The van der Waals surface area contributed by atoms with Gasteiger partial charge in [-0.1, -0.05) is 27.7 Å². The van der Waals surface area contributed by atoms with Crippen LogP contribution in [0.4, 0.5) is 0 Å². The molecule has 50 heavy (non-hydrogen) atoms. The molecule has 0 saturated heterocycles. The molecule has 0 aliphatic heterocycles. The number of likely N-dealkylation sites (N-methyl/N-ethyl adjacent to an activating group) is 1. The van der Waals surface area contributed by atoms with E-state index in [1.54, 1.807) is 0 Å². The van der Waals surface area contributed by atoms with E-state index in [1.165, 1.54) is 0 Å². The highest BCUT2D eigenvalue weighted by Crippen LogP contribution is 2.60. The standard InChI is InChI=1S/C38H68N4O8/c1-25(7-10-33(43)47-20-19-42(5)6)31-9-8-26(2)38(31,4)32(50-36(46)14-18-41)24-28-23-30(49-35(45)13-17-40)22-27-21-29(11-15-37(27,28)3)48-34(44)12-16-39/h25-32H,7-24,39-41H2,1-6H3/t25-,26-,27?,28-,29-,30-,31?,32+,37+,38+/m1/s1. The summed E-state index contributed by atoms with van der Waals surface area (Å²) in [4.78, 5) is 53.0. The molecule has 288 valence electrons. The summed E-state index contributed by atoms with van der Waals surface area (Å²) in [7, 11) is 3.90. The summed E-state index contributed by atoms with van der Waals surface area (Å²) in [5.41, 5.74) is 16.6. The molecule has 2 unspecified atom stereocenters. The summed E-state index contributed by atoms with van der Waals surface area (Å²) in [6.07, 6.45) is 6.85. The molecule has 0 aromatic carbocycles. The van der Waals surface area contributed by atoms with Crippen LogP contribution in [-0.4, -0.2) is 94.0 Å². The lowest BCUT2D eigenvalue weighted by molar-refractivity contribution is -0.175. The van der Waals surface area contributed by atoms with Gasteiger partial charge in [0.25, 0.3) is 0 Å². The van der Waals surface area contributed by atoms with Crippen molar-refractivity contribution in [2.45, 2.75) is 129 Å². The zero-order chi connectivity index (χ0) is 37.1. The Kier molecular flexibility index (Phi) is 16.5. The van der Waals surface area contributed by atoms with E-state index < -0.39 is 0 Å². The van der Waals surface area contributed by atoms with E-state index in [2.05, 4.69) is 27.7 Å². The van der Waals surface area contributed by atoms with Crippen LogP contribution in [0.3, 0.4) is 0 Å². The molecule has 0 heterocycles. The maximum atomic E-state index is 13.3. The van der Waals surface area contributed by atoms with E-state index in [0.29, 0.717) is 51.7 Å². The predicted molar refractivity (Wildman–Crippen MR) is 191 cm³/mol. The van der Waals surface area contributed by atoms with Crippen molar-refractivity contribution in [1.29, 1.82) is 0 Å². The first-order valence-corrected chi connectivity index (χ1v) is 19.2. The van der Waals surface area contributed by atoms with Crippen molar-refractivity contribution >= 4 is 23.9 Å². The summed E-state index contributed by atoms with van der Waals surface area (Å²) in [6.45, 7) is 10.8. The van der Waals surface area contributed by atoms with E-state index in [1.807, 2.05) is 19.0 Å². The number of nitrogens with zero attached hydrogens (tertiary/aromatic N) is 1. The second-order valence-corrected chi connectivity index (χ2v) is 16.2. The highest BCUT2D eigenvalue weighted by atomic mass is 16.6. The van der Waals surface area contributed by atoms with Crippen molar-refractivity contribution in [3.63, 3.8) is 0 Å². The maximum absolute atomic E-state index is 13.3. The van der Waals surface area contributed by atoms with Gasteiger partial charge < -0.3 is 41.0 Å². The van der Waals surface area contributed by atoms with Crippen molar-refractivity contribution in [2.24, 2.45) is 57.6 Å². The Hall–Kier alpha value is -2.28. The minimum atomic E-state index is -0.389. The van der Waals surface area contributed by atoms with Crippen LogP contribution in [0.1, 0.15) is 111 Å². The zero-order valence-corrected chi connectivity index (χ0v) is 31.8. The largest absolute Gasteiger partial charge is 0.464 e. The van der Waals surface area contributed by atoms with Gasteiger partial charge in [0.15, 0.2) is 0 Å². The second kappa shape index (κ2) is 19.5. The lowest BCUT2D eigenvalue weighted by Gasteiger charge is -2.55. The van der Waals surface area contributed by atoms with Gasteiger partial charge >= 0.3 is 23.9 Å². The molecule has 0 aromatic heterocycles. The third-order valence-electron chi connectivity index (χ3n) is 12.7. The number of carbonyl (C=O) groups excluding carboxylic acids is 4. The number of fused-ring (bicyclic) bond motifs is 1. The molecule has 0 spiro atoms. The summed E-state index contributed by atoms with van der Waals surface area (Å²) >= 11 is 0. The highest BCUT2D eigenvalue weighted by Gasteiger charge is 2.57. The Morgan fingerprint density at radius 1 is 0.800 bits per heavy atom. The van der Waals surface area contributed by atoms with Crippen LogP contribution in [0.15, 0.2) is 0 Å². The Morgan fingerprint density at radius 3 is 2.02 bits per heavy atom. The molecule has 3 aliphatic rings. The van der Waals surface area contributed by atoms with Gasteiger partial charge in [-0.25, -0.2) is 0 Å². The fourth-order valence-corrected chi connectivity index (χ4v) is 9.43.